The van der Waals surface area contributed by atoms with E-state index < -0.39 is 18.0 Å². The minimum Gasteiger partial charge on any atom is -0.490 e. The Kier molecular flexibility index (Phi) is 4.30. The molecular formula is C9H10ClFN2O3. The van der Waals surface area contributed by atoms with Gasteiger partial charge in [0.1, 0.15) is 12.4 Å². The summed E-state index contributed by atoms with van der Waals surface area (Å²) in [5.74, 6) is -0.487. The highest BCUT2D eigenvalue weighted by atomic mass is 35.5. The number of aromatic nitrogens is 1. The second-order valence-corrected chi connectivity index (χ2v) is 3.46. The summed E-state index contributed by atoms with van der Waals surface area (Å²) in [5.41, 5.74) is 0. The highest BCUT2D eigenvalue weighted by molar-refractivity contribution is 6.29. The first-order valence-electron chi connectivity index (χ1n) is 4.42. The Morgan fingerprint density at radius 2 is 2.50 bits per heavy atom. The van der Waals surface area contributed by atoms with Crippen LogP contribution in [0.1, 0.15) is 6.92 Å². The maximum atomic E-state index is 12.9. The SMILES string of the molecule is C[C@@H](COc1cnc(Cl)c(F)c1)NC(=O)O. The van der Waals surface area contributed by atoms with Crippen LogP contribution >= 0.6 is 11.6 Å². The van der Waals surface area contributed by atoms with Gasteiger partial charge < -0.3 is 15.2 Å². The zero-order valence-corrected chi connectivity index (χ0v) is 9.16. The molecule has 0 aromatic carbocycles. The summed E-state index contributed by atoms with van der Waals surface area (Å²) in [6.45, 7) is 1.70. The van der Waals surface area contributed by atoms with E-state index in [1.54, 1.807) is 6.92 Å². The largest absolute Gasteiger partial charge is 0.490 e. The monoisotopic (exact) mass is 248 g/mol. The Morgan fingerprint density at radius 1 is 1.81 bits per heavy atom. The maximum absolute atomic E-state index is 12.9. The number of amides is 1. The number of hydrogen-bond acceptors (Lipinski definition) is 3. The maximum Gasteiger partial charge on any atom is 0.404 e. The third kappa shape index (κ3) is 3.90. The lowest BCUT2D eigenvalue weighted by atomic mass is 10.3. The fraction of sp³-hybridized carbons (Fsp3) is 0.333. The van der Waals surface area contributed by atoms with Gasteiger partial charge in [0.15, 0.2) is 11.0 Å². The Labute approximate surface area is 96.2 Å². The first-order valence-corrected chi connectivity index (χ1v) is 4.80. The highest BCUT2D eigenvalue weighted by Gasteiger charge is 2.07. The molecule has 0 radical (unpaired) electrons. The lowest BCUT2D eigenvalue weighted by Gasteiger charge is -2.12. The van der Waals surface area contributed by atoms with Crippen molar-refractivity contribution in [3.05, 3.63) is 23.2 Å². The molecule has 1 atom stereocenters. The van der Waals surface area contributed by atoms with Gasteiger partial charge in [-0.15, -0.1) is 0 Å². The molecule has 1 rings (SSSR count). The van der Waals surface area contributed by atoms with Gasteiger partial charge in [0, 0.05) is 6.07 Å². The van der Waals surface area contributed by atoms with Crippen LogP contribution in [0.25, 0.3) is 0 Å². The van der Waals surface area contributed by atoms with Gasteiger partial charge in [-0.1, -0.05) is 11.6 Å². The Morgan fingerprint density at radius 3 is 3.06 bits per heavy atom. The molecule has 0 aliphatic heterocycles. The predicted molar refractivity (Wildman–Crippen MR) is 55.3 cm³/mol. The first-order chi connectivity index (χ1) is 7.49. The van der Waals surface area contributed by atoms with Crippen LogP contribution < -0.4 is 10.1 Å². The van der Waals surface area contributed by atoms with Crippen molar-refractivity contribution in [2.45, 2.75) is 13.0 Å². The Hall–Kier alpha value is -1.56. The number of pyridine rings is 1. The molecular weight excluding hydrogens is 239 g/mol. The third-order valence-electron chi connectivity index (χ3n) is 1.64. The van der Waals surface area contributed by atoms with E-state index in [4.69, 9.17) is 21.4 Å². The molecule has 1 amide bonds. The van der Waals surface area contributed by atoms with Crippen molar-refractivity contribution in [2.75, 3.05) is 6.61 Å². The topological polar surface area (TPSA) is 71.5 Å². The van der Waals surface area contributed by atoms with E-state index in [-0.39, 0.29) is 17.5 Å². The van der Waals surface area contributed by atoms with Crippen molar-refractivity contribution in [1.82, 2.24) is 10.3 Å². The molecule has 7 heteroatoms. The third-order valence-corrected chi connectivity index (χ3v) is 1.92. The van der Waals surface area contributed by atoms with Crippen molar-refractivity contribution >= 4 is 17.7 Å². The van der Waals surface area contributed by atoms with Crippen molar-refractivity contribution in [3.63, 3.8) is 0 Å². The number of ether oxygens (including phenoxy) is 1. The van der Waals surface area contributed by atoms with Crippen LogP contribution in [0.2, 0.25) is 5.15 Å². The molecule has 0 saturated carbocycles. The fourth-order valence-electron chi connectivity index (χ4n) is 0.956. The molecule has 2 N–H and O–H groups in total. The van der Waals surface area contributed by atoms with Gasteiger partial charge in [-0.25, -0.2) is 14.2 Å². The standard InChI is InChI=1S/C9H10ClFN2O3/c1-5(13-9(14)15)4-16-6-2-7(11)8(10)12-3-6/h2-3,5,13H,4H2,1H3,(H,14,15)/t5-/m0/s1. The number of carbonyl (C=O) groups is 1. The minimum atomic E-state index is -1.14. The molecule has 0 unspecified atom stereocenters. The van der Waals surface area contributed by atoms with Crippen LogP contribution in [-0.2, 0) is 0 Å². The summed E-state index contributed by atoms with van der Waals surface area (Å²) in [7, 11) is 0. The Bertz CT molecular complexity index is 389. The van der Waals surface area contributed by atoms with E-state index >= 15 is 0 Å². The lowest BCUT2D eigenvalue weighted by molar-refractivity contribution is 0.183. The van der Waals surface area contributed by atoms with Crippen molar-refractivity contribution < 1.29 is 19.0 Å². The predicted octanol–water partition coefficient (Wildman–Crippen LogP) is 1.91. The molecule has 1 aromatic rings. The van der Waals surface area contributed by atoms with Gasteiger partial charge in [0.2, 0.25) is 0 Å². The van der Waals surface area contributed by atoms with E-state index in [0.717, 1.165) is 6.07 Å². The number of rotatable bonds is 4. The average Bonchev–Trinajstić information content (AvgIpc) is 2.19. The van der Waals surface area contributed by atoms with Gasteiger partial charge in [0.05, 0.1) is 12.2 Å². The van der Waals surface area contributed by atoms with Crippen LogP contribution in [-0.4, -0.2) is 28.8 Å². The summed E-state index contributed by atoms with van der Waals surface area (Å²) >= 11 is 5.38. The highest BCUT2D eigenvalue weighted by Crippen LogP contribution is 2.17. The van der Waals surface area contributed by atoms with Crippen LogP contribution in [0.5, 0.6) is 5.75 Å². The zero-order valence-electron chi connectivity index (χ0n) is 8.41. The smallest absolute Gasteiger partial charge is 0.404 e. The quantitative estimate of drug-likeness (QED) is 0.799. The molecule has 16 heavy (non-hydrogen) atoms. The van der Waals surface area contributed by atoms with E-state index in [1.807, 2.05) is 0 Å². The van der Waals surface area contributed by atoms with Gasteiger partial charge in [0.25, 0.3) is 0 Å². The molecule has 88 valence electrons. The number of hydrogen-bond donors (Lipinski definition) is 2. The molecule has 0 aliphatic carbocycles. The molecule has 0 aliphatic rings. The number of halogens is 2. The molecule has 0 fully saturated rings. The van der Waals surface area contributed by atoms with Gasteiger partial charge in [-0.2, -0.15) is 0 Å². The summed E-state index contributed by atoms with van der Waals surface area (Å²) < 4.78 is 18.0. The Balaban J connectivity index is 2.48. The van der Waals surface area contributed by atoms with E-state index in [0.29, 0.717) is 0 Å². The summed E-state index contributed by atoms with van der Waals surface area (Å²) in [4.78, 5) is 13.8. The molecule has 0 saturated heterocycles. The second-order valence-electron chi connectivity index (χ2n) is 3.11. The molecule has 1 aromatic heterocycles. The fourth-order valence-corrected chi connectivity index (χ4v) is 1.06. The lowest BCUT2D eigenvalue weighted by Crippen LogP contribution is -2.35. The molecule has 0 bridgehead atoms. The number of nitrogens with one attached hydrogen (secondary N) is 1. The van der Waals surface area contributed by atoms with Crippen LogP contribution in [0, 0.1) is 5.82 Å². The molecule has 1 heterocycles. The minimum absolute atomic E-state index is 0.0784. The summed E-state index contributed by atoms with van der Waals surface area (Å²) in [6.07, 6.45) is 0.121. The molecule has 0 spiro atoms. The van der Waals surface area contributed by atoms with Gasteiger partial charge in [-0.05, 0) is 6.92 Å². The van der Waals surface area contributed by atoms with Crippen LogP contribution in [0.15, 0.2) is 12.3 Å². The van der Waals surface area contributed by atoms with Crippen LogP contribution in [0.4, 0.5) is 9.18 Å². The van der Waals surface area contributed by atoms with Crippen molar-refractivity contribution in [2.24, 2.45) is 0 Å². The van der Waals surface area contributed by atoms with Crippen LogP contribution in [0.3, 0.4) is 0 Å². The molecule has 5 nitrogen and oxygen atoms in total. The van der Waals surface area contributed by atoms with E-state index in [9.17, 15) is 9.18 Å². The van der Waals surface area contributed by atoms with Crippen molar-refractivity contribution in [1.29, 1.82) is 0 Å². The normalized spacial score (nSPS) is 11.9. The first kappa shape index (κ1) is 12.5. The van der Waals surface area contributed by atoms with Crippen molar-refractivity contribution in [3.8, 4) is 5.75 Å². The summed E-state index contributed by atoms with van der Waals surface area (Å²) in [6, 6.07) is 0.680. The van der Waals surface area contributed by atoms with Gasteiger partial charge >= 0.3 is 6.09 Å². The van der Waals surface area contributed by atoms with E-state index in [1.165, 1.54) is 6.20 Å². The second kappa shape index (κ2) is 5.50. The number of nitrogens with zero attached hydrogens (tertiary/aromatic N) is 1. The summed E-state index contributed by atoms with van der Waals surface area (Å²) in [5, 5.41) is 10.4. The van der Waals surface area contributed by atoms with Gasteiger partial charge in [-0.3, -0.25) is 0 Å². The average molecular weight is 249 g/mol. The zero-order chi connectivity index (χ0) is 12.1. The number of carboxylic acid groups (broad SMARTS) is 1. The van der Waals surface area contributed by atoms with E-state index in [2.05, 4.69) is 10.3 Å².